The van der Waals surface area contributed by atoms with E-state index in [1.807, 2.05) is 6.92 Å². The maximum Gasteiger partial charge on any atom is 0.329 e. The summed E-state index contributed by atoms with van der Waals surface area (Å²) < 4.78 is 11.5. The summed E-state index contributed by atoms with van der Waals surface area (Å²) in [5, 5.41) is 13.1. The van der Waals surface area contributed by atoms with Crippen molar-refractivity contribution in [3.8, 4) is 11.1 Å². The van der Waals surface area contributed by atoms with Gasteiger partial charge in [0.1, 0.15) is 17.5 Å². The molecule has 0 saturated heterocycles. The summed E-state index contributed by atoms with van der Waals surface area (Å²) in [4.78, 5) is 40.7. The van der Waals surface area contributed by atoms with Gasteiger partial charge in [0.2, 0.25) is 0 Å². The van der Waals surface area contributed by atoms with Crippen molar-refractivity contribution in [2.45, 2.75) is 19.9 Å². The highest BCUT2D eigenvalue weighted by Crippen LogP contribution is 2.32. The van der Waals surface area contributed by atoms with Gasteiger partial charge in [-0.05, 0) is 19.4 Å². The zero-order chi connectivity index (χ0) is 21.0. The molecule has 3 aromatic rings. The number of hydrogen-bond donors (Lipinski definition) is 0. The third-order valence-electron chi connectivity index (χ3n) is 4.32. The van der Waals surface area contributed by atoms with Crippen molar-refractivity contribution in [2.75, 3.05) is 19.8 Å². The number of nitro groups is 1. The minimum absolute atomic E-state index is 0.0719. The fourth-order valence-electron chi connectivity index (χ4n) is 2.80. The first-order valence-electron chi connectivity index (χ1n) is 8.91. The van der Waals surface area contributed by atoms with E-state index >= 15 is 0 Å². The topological polar surface area (TPSA) is 114 Å². The van der Waals surface area contributed by atoms with Crippen LogP contribution in [0.3, 0.4) is 0 Å². The van der Waals surface area contributed by atoms with Gasteiger partial charge in [-0.1, -0.05) is 12.1 Å². The number of carbonyl (C=O) groups excluding carboxylic acids is 1. The molecule has 3 rings (SSSR count). The van der Waals surface area contributed by atoms with E-state index in [4.69, 9.17) is 9.47 Å². The monoisotopic (exact) mass is 417 g/mol. The molecule has 1 unspecified atom stereocenters. The lowest BCUT2D eigenvalue weighted by molar-refractivity contribution is -0.384. The van der Waals surface area contributed by atoms with Crippen LogP contribution in [0.5, 0.6) is 0 Å². The molecule has 2 heterocycles. The van der Waals surface area contributed by atoms with Crippen LogP contribution >= 0.6 is 11.3 Å². The lowest BCUT2D eigenvalue weighted by atomic mass is 10.1. The Hall–Kier alpha value is -3.11. The molecule has 29 heavy (non-hydrogen) atoms. The highest BCUT2D eigenvalue weighted by molar-refractivity contribution is 7.17. The van der Waals surface area contributed by atoms with Gasteiger partial charge in [0.05, 0.1) is 23.2 Å². The molecule has 0 saturated carbocycles. The van der Waals surface area contributed by atoms with Gasteiger partial charge in [0.15, 0.2) is 0 Å². The molecule has 0 fully saturated rings. The SMILES string of the molecule is CCOCCOC(=O)C(C)n1cnc2scc(-c3cccc([N+](=O)[O-])c3)c2c1=O. The molecule has 1 aromatic carbocycles. The average Bonchev–Trinajstić information content (AvgIpc) is 3.16. The van der Waals surface area contributed by atoms with E-state index in [1.54, 1.807) is 24.4 Å². The summed E-state index contributed by atoms with van der Waals surface area (Å²) in [6.07, 6.45) is 1.31. The third kappa shape index (κ3) is 4.33. The molecule has 2 aromatic heterocycles. The Balaban J connectivity index is 1.96. The Bertz CT molecular complexity index is 1110. The van der Waals surface area contributed by atoms with Crippen molar-refractivity contribution in [3.05, 3.63) is 56.4 Å². The Kier molecular flexibility index (Phi) is 6.35. The second kappa shape index (κ2) is 8.93. The molecule has 152 valence electrons. The molecule has 0 aliphatic heterocycles. The van der Waals surface area contributed by atoms with Crippen molar-refractivity contribution < 1.29 is 19.2 Å². The molecular weight excluding hydrogens is 398 g/mol. The molecular formula is C19H19N3O6S. The predicted molar refractivity (Wildman–Crippen MR) is 108 cm³/mol. The van der Waals surface area contributed by atoms with Crippen molar-refractivity contribution in [2.24, 2.45) is 0 Å². The van der Waals surface area contributed by atoms with Crippen molar-refractivity contribution in [3.63, 3.8) is 0 Å². The number of aromatic nitrogens is 2. The lowest BCUT2D eigenvalue weighted by Gasteiger charge is -2.14. The van der Waals surface area contributed by atoms with Gasteiger partial charge in [-0.15, -0.1) is 11.3 Å². The van der Waals surface area contributed by atoms with Gasteiger partial charge in [0.25, 0.3) is 11.2 Å². The molecule has 0 amide bonds. The number of non-ortho nitro benzene ring substituents is 1. The van der Waals surface area contributed by atoms with Crippen LogP contribution in [0.1, 0.15) is 19.9 Å². The number of thiophene rings is 1. The highest BCUT2D eigenvalue weighted by atomic mass is 32.1. The Morgan fingerprint density at radius 1 is 1.38 bits per heavy atom. The van der Waals surface area contributed by atoms with E-state index < -0.39 is 22.5 Å². The molecule has 10 heteroatoms. The van der Waals surface area contributed by atoms with Crippen LogP contribution < -0.4 is 5.56 Å². The van der Waals surface area contributed by atoms with Gasteiger partial charge in [-0.25, -0.2) is 9.78 Å². The van der Waals surface area contributed by atoms with E-state index in [9.17, 15) is 19.7 Å². The molecule has 0 N–H and O–H groups in total. The Morgan fingerprint density at radius 2 is 2.17 bits per heavy atom. The van der Waals surface area contributed by atoms with Gasteiger partial charge in [0, 0.05) is 29.7 Å². The molecule has 1 atom stereocenters. The number of esters is 1. The lowest BCUT2D eigenvalue weighted by Crippen LogP contribution is -2.30. The van der Waals surface area contributed by atoms with Gasteiger partial charge in [-0.3, -0.25) is 19.5 Å². The van der Waals surface area contributed by atoms with Crippen molar-refractivity contribution >= 4 is 33.2 Å². The van der Waals surface area contributed by atoms with Crippen LogP contribution in [0, 0.1) is 10.1 Å². The predicted octanol–water partition coefficient (Wildman–Crippen LogP) is 3.17. The summed E-state index contributed by atoms with van der Waals surface area (Å²) in [6.45, 7) is 4.29. The van der Waals surface area contributed by atoms with Crippen LogP contribution in [0.15, 0.2) is 40.8 Å². The first-order valence-corrected chi connectivity index (χ1v) is 9.79. The number of ether oxygens (including phenoxy) is 2. The summed E-state index contributed by atoms with van der Waals surface area (Å²) in [5.74, 6) is -0.569. The van der Waals surface area contributed by atoms with Gasteiger partial charge >= 0.3 is 5.97 Å². The molecule has 9 nitrogen and oxygen atoms in total. The molecule has 0 bridgehead atoms. The highest BCUT2D eigenvalue weighted by Gasteiger charge is 2.21. The van der Waals surface area contributed by atoms with E-state index in [0.717, 1.165) is 0 Å². The summed E-state index contributed by atoms with van der Waals surface area (Å²) >= 11 is 1.26. The number of nitro benzene ring substituents is 1. The molecule has 0 aliphatic rings. The third-order valence-corrected chi connectivity index (χ3v) is 5.21. The first-order chi connectivity index (χ1) is 13.9. The minimum Gasteiger partial charge on any atom is -0.462 e. The number of fused-ring (bicyclic) bond motifs is 1. The standard InChI is InChI=1S/C19H19N3O6S/c1-3-27-7-8-28-19(24)12(2)21-11-20-17-16(18(21)23)15(10-29-17)13-5-4-6-14(9-13)22(25)26/h4-6,9-12H,3,7-8H2,1-2H3. The van der Waals surface area contributed by atoms with Gasteiger partial charge in [-0.2, -0.15) is 0 Å². The number of hydrogen-bond acceptors (Lipinski definition) is 8. The van der Waals surface area contributed by atoms with Crippen LogP contribution in [-0.4, -0.2) is 40.3 Å². The number of rotatable bonds is 8. The Labute approximate surface area is 169 Å². The zero-order valence-corrected chi connectivity index (χ0v) is 16.7. The van der Waals surface area contributed by atoms with E-state index in [2.05, 4.69) is 4.98 Å². The number of carbonyl (C=O) groups is 1. The molecule has 0 spiro atoms. The average molecular weight is 417 g/mol. The quantitative estimate of drug-likeness (QED) is 0.239. The Morgan fingerprint density at radius 3 is 2.90 bits per heavy atom. The molecule has 0 aliphatic carbocycles. The zero-order valence-electron chi connectivity index (χ0n) is 15.9. The van der Waals surface area contributed by atoms with Crippen LogP contribution in [-0.2, 0) is 14.3 Å². The van der Waals surface area contributed by atoms with Crippen molar-refractivity contribution in [1.29, 1.82) is 0 Å². The van der Waals surface area contributed by atoms with E-state index in [1.165, 1.54) is 34.4 Å². The fourth-order valence-corrected chi connectivity index (χ4v) is 3.71. The maximum absolute atomic E-state index is 13.1. The van der Waals surface area contributed by atoms with Crippen LogP contribution in [0.2, 0.25) is 0 Å². The second-order valence-electron chi connectivity index (χ2n) is 6.13. The minimum atomic E-state index is -0.876. The fraction of sp³-hybridized carbons (Fsp3) is 0.316. The number of nitrogens with zero attached hydrogens (tertiary/aromatic N) is 3. The van der Waals surface area contributed by atoms with Crippen LogP contribution in [0.25, 0.3) is 21.3 Å². The second-order valence-corrected chi connectivity index (χ2v) is 6.99. The smallest absolute Gasteiger partial charge is 0.329 e. The van der Waals surface area contributed by atoms with E-state index in [0.29, 0.717) is 28.0 Å². The van der Waals surface area contributed by atoms with Crippen LogP contribution in [0.4, 0.5) is 5.69 Å². The summed E-state index contributed by atoms with van der Waals surface area (Å²) in [6, 6.07) is 5.17. The summed E-state index contributed by atoms with van der Waals surface area (Å²) in [7, 11) is 0. The largest absolute Gasteiger partial charge is 0.462 e. The van der Waals surface area contributed by atoms with Crippen molar-refractivity contribution in [1.82, 2.24) is 9.55 Å². The first kappa shape index (κ1) is 20.6. The summed E-state index contributed by atoms with van der Waals surface area (Å²) in [5.41, 5.74) is 0.593. The number of benzene rings is 1. The maximum atomic E-state index is 13.1. The normalized spacial score (nSPS) is 12.1. The van der Waals surface area contributed by atoms with Gasteiger partial charge < -0.3 is 9.47 Å². The van der Waals surface area contributed by atoms with E-state index in [-0.39, 0.29) is 18.9 Å². The molecule has 0 radical (unpaired) electrons.